The quantitative estimate of drug-likeness (QED) is 0.175. The van der Waals surface area contributed by atoms with Gasteiger partial charge in [0.2, 0.25) is 0 Å². The molecule has 0 radical (unpaired) electrons. The molecule has 0 spiro atoms. The number of nitrogens with one attached hydrogen (secondary N) is 2. The van der Waals surface area contributed by atoms with Gasteiger partial charge in [-0.15, -0.1) is 0 Å². The van der Waals surface area contributed by atoms with E-state index in [0.717, 1.165) is 0 Å². The number of benzene rings is 6. The van der Waals surface area contributed by atoms with Crippen LogP contribution >= 0.6 is 23.5 Å². The summed E-state index contributed by atoms with van der Waals surface area (Å²) in [5, 5.41) is 7.93. The molecule has 4 aliphatic rings. The Bertz CT molecular complexity index is 2180. The fourth-order valence-corrected chi connectivity index (χ4v) is 11.3. The Morgan fingerprint density at radius 1 is 0.447 bits per heavy atom. The molecular weight excluding hydrogens is 607 g/mol. The van der Waals surface area contributed by atoms with E-state index in [0.29, 0.717) is 0 Å². The van der Waals surface area contributed by atoms with Gasteiger partial charge in [-0.05, 0) is 86.2 Å². The highest BCUT2D eigenvalue weighted by Crippen LogP contribution is 2.52. The summed E-state index contributed by atoms with van der Waals surface area (Å²) in [4.78, 5) is 5.45. The zero-order valence-corrected chi connectivity index (χ0v) is 28.5. The van der Waals surface area contributed by atoms with E-state index in [-0.39, 0.29) is 17.5 Å². The van der Waals surface area contributed by atoms with Gasteiger partial charge in [-0.25, -0.2) is 0 Å². The Morgan fingerprint density at radius 3 is 1.43 bits per heavy atom. The summed E-state index contributed by atoms with van der Waals surface area (Å²) in [5.74, 6) is 0. The van der Waals surface area contributed by atoms with Crippen LogP contribution in [0.4, 0.5) is 22.7 Å². The van der Waals surface area contributed by atoms with Crippen LogP contribution in [0.5, 0.6) is 0 Å². The minimum Gasteiger partial charge on any atom is -0.356 e. The second kappa shape index (κ2) is 9.62. The van der Waals surface area contributed by atoms with Gasteiger partial charge in [-0.2, -0.15) is 0 Å². The lowest BCUT2D eigenvalue weighted by molar-refractivity contribution is 0.608. The van der Waals surface area contributed by atoms with Crippen molar-refractivity contribution in [3.63, 3.8) is 0 Å². The molecular formula is C42H33BN2S2. The Hall–Kier alpha value is -4.32. The van der Waals surface area contributed by atoms with Crippen molar-refractivity contribution in [3.8, 4) is 11.1 Å². The molecule has 2 N–H and O–H groups in total. The Balaban J connectivity index is 1.22. The highest BCUT2D eigenvalue weighted by Gasteiger charge is 2.43. The summed E-state index contributed by atoms with van der Waals surface area (Å²) in [5.41, 5.74) is 16.7. The Labute approximate surface area is 285 Å². The van der Waals surface area contributed by atoms with Crippen molar-refractivity contribution in [1.29, 1.82) is 0 Å². The minimum absolute atomic E-state index is 0.0913. The topological polar surface area (TPSA) is 24.1 Å². The summed E-state index contributed by atoms with van der Waals surface area (Å²) < 4.78 is 0. The maximum absolute atomic E-state index is 3.97. The average molecular weight is 641 g/mol. The number of hydrogen-bond acceptors (Lipinski definition) is 4. The first kappa shape index (κ1) is 27.8. The van der Waals surface area contributed by atoms with Gasteiger partial charge in [0.15, 0.2) is 0 Å². The van der Waals surface area contributed by atoms with Crippen LogP contribution in [0.15, 0.2) is 135 Å². The molecule has 0 aromatic heterocycles. The summed E-state index contributed by atoms with van der Waals surface area (Å²) in [6, 6.07) is 43.3. The third-order valence-corrected chi connectivity index (χ3v) is 13.2. The SMILES string of the molecule is CC1(C)c2ccccc2Sc2cc3c(cc21)Nc1cc(-c2ccccc2)cc2c1B3c1cc3c(cc1N2)C(C)(C)c1ccccc1S3. The summed E-state index contributed by atoms with van der Waals surface area (Å²) >= 11 is 3.84. The second-order valence-electron chi connectivity index (χ2n) is 14.4. The predicted octanol–water partition coefficient (Wildman–Crippen LogP) is 9.56. The van der Waals surface area contributed by atoms with Crippen molar-refractivity contribution in [1.82, 2.24) is 0 Å². The molecule has 0 saturated heterocycles. The molecule has 2 nitrogen and oxygen atoms in total. The zero-order chi connectivity index (χ0) is 31.7. The molecule has 0 aliphatic carbocycles. The Morgan fingerprint density at radius 2 is 0.915 bits per heavy atom. The van der Waals surface area contributed by atoms with Gasteiger partial charge < -0.3 is 10.6 Å². The van der Waals surface area contributed by atoms with Crippen LogP contribution in [0.1, 0.15) is 49.9 Å². The summed E-state index contributed by atoms with van der Waals surface area (Å²) in [7, 11) is 0. The van der Waals surface area contributed by atoms with E-state index in [1.807, 2.05) is 23.5 Å². The van der Waals surface area contributed by atoms with Crippen LogP contribution in [-0.4, -0.2) is 6.71 Å². The van der Waals surface area contributed by atoms with Gasteiger partial charge in [-0.3, -0.25) is 0 Å². The molecule has 6 aromatic carbocycles. The molecule has 226 valence electrons. The van der Waals surface area contributed by atoms with Crippen LogP contribution in [0.3, 0.4) is 0 Å². The molecule has 47 heavy (non-hydrogen) atoms. The molecule has 0 unspecified atom stereocenters. The van der Waals surface area contributed by atoms with Gasteiger partial charge in [0, 0.05) is 53.2 Å². The highest BCUT2D eigenvalue weighted by atomic mass is 32.2. The van der Waals surface area contributed by atoms with Crippen molar-refractivity contribution in [3.05, 3.63) is 138 Å². The van der Waals surface area contributed by atoms with Crippen molar-refractivity contribution < 1.29 is 0 Å². The largest absolute Gasteiger partial charge is 0.356 e. The van der Waals surface area contributed by atoms with Crippen molar-refractivity contribution in [2.45, 2.75) is 58.1 Å². The van der Waals surface area contributed by atoms with E-state index < -0.39 is 0 Å². The highest BCUT2D eigenvalue weighted by molar-refractivity contribution is 7.99. The van der Waals surface area contributed by atoms with E-state index in [1.165, 1.54) is 92.1 Å². The monoisotopic (exact) mass is 640 g/mol. The first-order chi connectivity index (χ1) is 22.8. The maximum Gasteiger partial charge on any atom is 0.252 e. The maximum atomic E-state index is 3.97. The molecule has 0 fully saturated rings. The molecule has 6 aromatic rings. The molecule has 4 heterocycles. The minimum atomic E-state index is -0.0913. The summed E-state index contributed by atoms with van der Waals surface area (Å²) in [6.45, 7) is 9.63. The zero-order valence-electron chi connectivity index (χ0n) is 26.9. The van der Waals surface area contributed by atoms with E-state index in [2.05, 4.69) is 154 Å². The fraction of sp³-hybridized carbons (Fsp3) is 0.143. The van der Waals surface area contributed by atoms with E-state index in [4.69, 9.17) is 0 Å². The molecule has 4 aliphatic heterocycles. The average Bonchev–Trinajstić information content (AvgIpc) is 3.07. The lowest BCUT2D eigenvalue weighted by Crippen LogP contribution is -2.59. The lowest BCUT2D eigenvalue weighted by atomic mass is 9.33. The van der Waals surface area contributed by atoms with E-state index >= 15 is 0 Å². The van der Waals surface area contributed by atoms with Gasteiger partial charge >= 0.3 is 0 Å². The van der Waals surface area contributed by atoms with Gasteiger partial charge in [-0.1, -0.05) is 130 Å². The van der Waals surface area contributed by atoms with Crippen molar-refractivity contribution in [2.75, 3.05) is 10.6 Å². The molecule has 5 heteroatoms. The van der Waals surface area contributed by atoms with Crippen molar-refractivity contribution in [2.24, 2.45) is 0 Å². The lowest BCUT2D eigenvalue weighted by Gasteiger charge is -2.40. The van der Waals surface area contributed by atoms with Crippen LogP contribution in [0, 0.1) is 0 Å². The molecule has 10 rings (SSSR count). The first-order valence-electron chi connectivity index (χ1n) is 16.5. The van der Waals surface area contributed by atoms with E-state index in [1.54, 1.807) is 0 Å². The van der Waals surface area contributed by atoms with Gasteiger partial charge in [0.05, 0.1) is 0 Å². The third-order valence-electron chi connectivity index (χ3n) is 10.9. The second-order valence-corrected chi connectivity index (χ2v) is 16.5. The standard InChI is InChI=1S/C42H33BN2S2/c1-41(2)26-14-8-10-16-36(26)46-38-22-30-32(20-28(38)41)44-34-18-25(24-12-6-5-7-13-24)19-35-40(34)43(30)31-23-39-29(21-33(31)45-35)42(3,4)27-15-9-11-17-37(27)47-39/h5-23,44-45H,1-4H3. The van der Waals surface area contributed by atoms with Crippen LogP contribution in [0.25, 0.3) is 11.1 Å². The van der Waals surface area contributed by atoms with E-state index in [9.17, 15) is 0 Å². The molecule has 0 bridgehead atoms. The third kappa shape index (κ3) is 3.90. The van der Waals surface area contributed by atoms with Gasteiger partial charge in [0.1, 0.15) is 0 Å². The number of hydrogen-bond donors (Lipinski definition) is 2. The predicted molar refractivity (Wildman–Crippen MR) is 201 cm³/mol. The van der Waals surface area contributed by atoms with Crippen LogP contribution in [-0.2, 0) is 10.8 Å². The summed E-state index contributed by atoms with van der Waals surface area (Å²) in [6.07, 6.45) is 0. The Kier molecular flexibility index (Phi) is 5.68. The molecule has 0 amide bonds. The smallest absolute Gasteiger partial charge is 0.252 e. The number of fused-ring (bicyclic) bond motifs is 8. The van der Waals surface area contributed by atoms with Gasteiger partial charge in [0.25, 0.3) is 6.71 Å². The first-order valence-corrected chi connectivity index (χ1v) is 18.1. The molecule has 0 atom stereocenters. The number of rotatable bonds is 1. The normalized spacial score (nSPS) is 16.6. The molecule has 0 saturated carbocycles. The number of anilines is 4. The fourth-order valence-electron chi connectivity index (χ4n) is 8.44. The van der Waals surface area contributed by atoms with Crippen molar-refractivity contribution >= 4 is 69.4 Å². The van der Waals surface area contributed by atoms with Crippen LogP contribution in [0.2, 0.25) is 0 Å². The van der Waals surface area contributed by atoms with Crippen LogP contribution < -0.4 is 27.0 Å².